The molecule has 0 aliphatic heterocycles. The van der Waals surface area contributed by atoms with Gasteiger partial charge < -0.3 is 20.2 Å². The van der Waals surface area contributed by atoms with Crippen LogP contribution < -0.4 is 74.9 Å². The van der Waals surface area contributed by atoms with Crippen molar-refractivity contribution in [2.75, 3.05) is 0 Å². The van der Waals surface area contributed by atoms with E-state index >= 15 is 0 Å². The monoisotopic (exact) mass is 554 g/mol. The Bertz CT molecular complexity index is 1670. The number of nitrogens with zero attached hydrogens (tertiary/aromatic N) is 3. The van der Waals surface area contributed by atoms with Crippen molar-refractivity contribution in [3.05, 3.63) is 51.8 Å². The Hall–Kier alpha value is -1.66. The molecule has 2 aromatic carbocycles. The summed E-state index contributed by atoms with van der Waals surface area (Å²) in [6.07, 6.45) is 0. The van der Waals surface area contributed by atoms with Crippen LogP contribution in [0.3, 0.4) is 0 Å². The molecule has 0 saturated heterocycles. The Morgan fingerprint density at radius 3 is 2.14 bits per heavy atom. The fourth-order valence-corrected chi connectivity index (χ4v) is 4.97. The first-order valence-electron chi connectivity index (χ1n) is 9.32. The minimum atomic E-state index is -5.04. The number of aromatic nitrogens is 1. The van der Waals surface area contributed by atoms with Gasteiger partial charge in [-0.2, -0.15) is 16.8 Å². The SMILES string of the molecule is CCn1c([O-])c(C(=N)[O-])c(C)c(N=Nc2ccc3c(S(=O)(=O)O)cccc3c2S(=O)(=O)O)c1=O.[Na+].[Na+]. The van der Waals surface area contributed by atoms with Crippen LogP contribution in [0.25, 0.3) is 10.8 Å². The summed E-state index contributed by atoms with van der Waals surface area (Å²) in [5.74, 6) is -2.34. The molecule has 13 nitrogen and oxygen atoms in total. The molecule has 0 unspecified atom stereocenters. The minimum Gasteiger partial charge on any atom is -0.860 e. The number of nitrogens with one attached hydrogen (secondary N) is 1. The Balaban J connectivity index is 0.00000324. The molecular formula is C19H16N4Na2O9S2. The van der Waals surface area contributed by atoms with Gasteiger partial charge >= 0.3 is 59.1 Å². The van der Waals surface area contributed by atoms with Crippen molar-refractivity contribution in [1.82, 2.24) is 4.57 Å². The fraction of sp³-hybridized carbons (Fsp3) is 0.158. The zero-order chi connectivity index (χ0) is 25.6. The summed E-state index contributed by atoms with van der Waals surface area (Å²) in [4.78, 5) is 11.2. The maximum Gasteiger partial charge on any atom is 1.00 e. The summed E-state index contributed by atoms with van der Waals surface area (Å²) in [6.45, 7) is 2.50. The van der Waals surface area contributed by atoms with Crippen LogP contribution in [-0.4, -0.2) is 36.4 Å². The van der Waals surface area contributed by atoms with E-state index in [1.54, 1.807) is 0 Å². The maximum atomic E-state index is 12.7. The summed E-state index contributed by atoms with van der Waals surface area (Å²) in [5, 5.41) is 38.1. The van der Waals surface area contributed by atoms with Crippen molar-refractivity contribution in [2.24, 2.45) is 10.2 Å². The number of hydrogen-bond donors (Lipinski definition) is 3. The van der Waals surface area contributed by atoms with Gasteiger partial charge in [0.2, 0.25) is 0 Å². The average molecular weight is 554 g/mol. The van der Waals surface area contributed by atoms with E-state index in [0.29, 0.717) is 4.57 Å². The van der Waals surface area contributed by atoms with E-state index in [1.165, 1.54) is 13.8 Å². The molecule has 0 aliphatic rings. The quantitative estimate of drug-likeness (QED) is 0.0870. The Morgan fingerprint density at radius 1 is 1.03 bits per heavy atom. The van der Waals surface area contributed by atoms with E-state index in [9.17, 15) is 40.9 Å². The molecule has 3 aromatic rings. The summed E-state index contributed by atoms with van der Waals surface area (Å²) in [6, 6.07) is 5.40. The second-order valence-corrected chi connectivity index (χ2v) is 9.70. The molecule has 0 amide bonds. The molecule has 17 heteroatoms. The van der Waals surface area contributed by atoms with E-state index in [0.717, 1.165) is 30.3 Å². The first kappa shape index (κ1) is 32.4. The van der Waals surface area contributed by atoms with Gasteiger partial charge in [-0.15, -0.1) is 10.2 Å². The van der Waals surface area contributed by atoms with Crippen molar-refractivity contribution in [1.29, 1.82) is 5.41 Å². The van der Waals surface area contributed by atoms with Crippen molar-refractivity contribution >= 4 is 48.3 Å². The zero-order valence-corrected chi connectivity index (χ0v) is 25.1. The summed E-state index contributed by atoms with van der Waals surface area (Å²) in [7, 11) is -9.79. The van der Waals surface area contributed by atoms with Crippen LogP contribution in [0.15, 0.2) is 55.1 Å². The topological polar surface area (TPSA) is 225 Å². The van der Waals surface area contributed by atoms with Crippen LogP contribution in [0.5, 0.6) is 5.88 Å². The standard InChI is InChI=1S/C19H18N4O9S2.2Na/c1-3-23-18(25)14(17(20)24)9(2)15(19(23)26)22-21-12-8-7-10-11(16(12)34(30,31)32)5-4-6-13(10)33(27,28)29;;/h4-8,25H,3H2,1-2H3,(H2,20,24)(H,27,28,29)(H,30,31,32);;/q;2*+1/p-2. The van der Waals surface area contributed by atoms with Crippen LogP contribution in [0.1, 0.15) is 18.1 Å². The van der Waals surface area contributed by atoms with Crippen LogP contribution in [0.4, 0.5) is 11.4 Å². The van der Waals surface area contributed by atoms with Gasteiger partial charge in [-0.05, 0) is 48.9 Å². The molecule has 0 aliphatic carbocycles. The summed E-state index contributed by atoms with van der Waals surface area (Å²) >= 11 is 0. The number of fused-ring (bicyclic) bond motifs is 1. The van der Waals surface area contributed by atoms with Gasteiger partial charge in [0, 0.05) is 17.3 Å². The van der Waals surface area contributed by atoms with Crippen LogP contribution >= 0.6 is 0 Å². The molecule has 0 saturated carbocycles. The maximum absolute atomic E-state index is 12.7. The average Bonchev–Trinajstić information content (AvgIpc) is 2.71. The van der Waals surface area contributed by atoms with Crippen LogP contribution in [-0.2, 0) is 26.8 Å². The predicted octanol–water partition coefficient (Wildman–Crippen LogP) is -4.99. The zero-order valence-electron chi connectivity index (χ0n) is 19.5. The summed E-state index contributed by atoms with van der Waals surface area (Å²) < 4.78 is 67.4. The third kappa shape index (κ3) is 6.07. The van der Waals surface area contributed by atoms with E-state index in [-0.39, 0.29) is 82.0 Å². The van der Waals surface area contributed by atoms with Gasteiger partial charge in [-0.1, -0.05) is 18.2 Å². The van der Waals surface area contributed by atoms with Crippen LogP contribution in [0.2, 0.25) is 0 Å². The number of rotatable bonds is 6. The molecular weight excluding hydrogens is 538 g/mol. The molecule has 3 N–H and O–H groups in total. The van der Waals surface area contributed by atoms with Gasteiger partial charge in [0.15, 0.2) is 5.69 Å². The molecule has 1 aromatic heterocycles. The molecule has 3 rings (SSSR count). The Labute approximate surface area is 249 Å². The van der Waals surface area contributed by atoms with Gasteiger partial charge in [0.25, 0.3) is 25.8 Å². The Morgan fingerprint density at radius 2 is 1.64 bits per heavy atom. The van der Waals surface area contributed by atoms with Gasteiger partial charge in [0.1, 0.15) is 15.5 Å². The molecule has 36 heavy (non-hydrogen) atoms. The molecule has 0 bridgehead atoms. The molecule has 0 radical (unpaired) electrons. The molecule has 0 spiro atoms. The predicted molar refractivity (Wildman–Crippen MR) is 115 cm³/mol. The molecule has 0 atom stereocenters. The van der Waals surface area contributed by atoms with E-state index in [2.05, 4.69) is 10.2 Å². The largest absolute Gasteiger partial charge is 1.00 e. The number of pyridine rings is 1. The van der Waals surface area contributed by atoms with Gasteiger partial charge in [0.05, 0.1) is 0 Å². The second-order valence-electron chi connectivity index (χ2n) is 6.95. The van der Waals surface area contributed by atoms with E-state index < -0.39 is 64.3 Å². The van der Waals surface area contributed by atoms with Crippen LogP contribution in [0, 0.1) is 12.3 Å². The third-order valence-corrected chi connectivity index (χ3v) is 6.78. The molecule has 0 fully saturated rings. The smallest absolute Gasteiger partial charge is 0.860 e. The van der Waals surface area contributed by atoms with Gasteiger partial charge in [-0.25, -0.2) is 0 Å². The third-order valence-electron chi connectivity index (χ3n) is 4.93. The first-order chi connectivity index (χ1) is 15.7. The number of hydrogen-bond acceptors (Lipinski definition) is 10. The Kier molecular flexibility index (Phi) is 10.6. The van der Waals surface area contributed by atoms with Crippen molar-refractivity contribution in [3.8, 4) is 5.88 Å². The van der Waals surface area contributed by atoms with Crippen molar-refractivity contribution < 1.29 is 95.3 Å². The van der Waals surface area contributed by atoms with E-state index in [4.69, 9.17) is 5.41 Å². The fourth-order valence-electron chi connectivity index (χ4n) is 3.44. The van der Waals surface area contributed by atoms with E-state index in [1.807, 2.05) is 0 Å². The van der Waals surface area contributed by atoms with Crippen molar-refractivity contribution in [3.63, 3.8) is 0 Å². The minimum absolute atomic E-state index is 0. The van der Waals surface area contributed by atoms with Gasteiger partial charge in [-0.3, -0.25) is 13.9 Å². The normalized spacial score (nSPS) is 11.8. The first-order valence-corrected chi connectivity index (χ1v) is 12.2. The number of benzene rings is 2. The molecule has 180 valence electrons. The summed E-state index contributed by atoms with van der Waals surface area (Å²) in [5.41, 5.74) is -2.81. The number of azo groups is 1. The second kappa shape index (κ2) is 11.8. The molecule has 1 heterocycles. The van der Waals surface area contributed by atoms with Crippen molar-refractivity contribution in [2.45, 2.75) is 30.2 Å².